The number of fused-ring (bicyclic) bond motifs is 1. The number of carboxylic acid groups (broad SMARTS) is 1. The Kier molecular flexibility index (Phi) is 5.96. The van der Waals surface area contributed by atoms with Gasteiger partial charge in [-0.2, -0.15) is 4.98 Å². The van der Waals surface area contributed by atoms with Crippen LogP contribution < -0.4 is 10.6 Å². The third-order valence-electron chi connectivity index (χ3n) is 5.69. The van der Waals surface area contributed by atoms with Gasteiger partial charge in [-0.25, -0.2) is 19.1 Å². The lowest BCUT2D eigenvalue weighted by molar-refractivity contribution is 0.136. The fraction of sp³-hybridized carbons (Fsp3) is 0.381. The molecule has 1 unspecified atom stereocenters. The van der Waals surface area contributed by atoms with Gasteiger partial charge in [-0.15, -0.1) is 0 Å². The monoisotopic (exact) mass is 476 g/mol. The van der Waals surface area contributed by atoms with E-state index in [4.69, 9.17) is 23.2 Å². The second-order valence-corrected chi connectivity index (χ2v) is 8.50. The van der Waals surface area contributed by atoms with Crippen LogP contribution >= 0.6 is 23.2 Å². The molecule has 1 aliphatic rings. The first-order valence-electron chi connectivity index (χ1n) is 10.2. The Morgan fingerprint density at radius 1 is 1.28 bits per heavy atom. The molecule has 9 nitrogen and oxygen atoms in total. The fourth-order valence-corrected chi connectivity index (χ4v) is 4.41. The summed E-state index contributed by atoms with van der Waals surface area (Å²) in [5, 5.41) is 10.2. The molecule has 3 aromatic rings. The molecule has 1 atom stereocenters. The first-order valence-corrected chi connectivity index (χ1v) is 11.0. The fourth-order valence-electron chi connectivity index (χ4n) is 4.12. The number of rotatable bonds is 3. The summed E-state index contributed by atoms with van der Waals surface area (Å²) in [4.78, 5) is 41.3. The number of aromatic nitrogens is 4. The quantitative estimate of drug-likeness (QED) is 0.576. The second-order valence-electron chi connectivity index (χ2n) is 7.73. The molecular formula is C21H22Cl2N6O3. The number of halogens is 2. The summed E-state index contributed by atoms with van der Waals surface area (Å²) in [7, 11) is 0. The third kappa shape index (κ3) is 3.75. The normalized spacial score (nSPS) is 16.6. The van der Waals surface area contributed by atoms with Gasteiger partial charge in [-0.1, -0.05) is 30.1 Å². The van der Waals surface area contributed by atoms with Gasteiger partial charge in [-0.05, 0) is 38.0 Å². The van der Waals surface area contributed by atoms with Crippen molar-refractivity contribution in [1.82, 2.24) is 24.4 Å². The Morgan fingerprint density at radius 2 is 2.03 bits per heavy atom. The molecule has 1 amide bonds. The summed E-state index contributed by atoms with van der Waals surface area (Å²) in [6.07, 6.45) is 1.34. The Bertz CT molecular complexity index is 1280. The predicted octanol–water partition coefficient (Wildman–Crippen LogP) is 3.54. The maximum atomic E-state index is 13.4. The highest BCUT2D eigenvalue weighted by atomic mass is 35.5. The smallest absolute Gasteiger partial charge is 0.407 e. The number of carbonyl (C=O) groups is 1. The molecule has 3 aromatic heterocycles. The molecule has 1 saturated heterocycles. The van der Waals surface area contributed by atoms with Gasteiger partial charge in [0.1, 0.15) is 11.0 Å². The largest absolute Gasteiger partial charge is 0.465 e. The van der Waals surface area contributed by atoms with Crippen molar-refractivity contribution in [3.63, 3.8) is 0 Å². The van der Waals surface area contributed by atoms with Crippen molar-refractivity contribution >= 4 is 46.1 Å². The Balaban J connectivity index is 1.98. The van der Waals surface area contributed by atoms with Crippen molar-refractivity contribution in [3.05, 3.63) is 50.2 Å². The highest BCUT2D eigenvalue weighted by Crippen LogP contribution is 2.32. The topological polar surface area (TPSA) is 104 Å². The van der Waals surface area contributed by atoms with Gasteiger partial charge in [0, 0.05) is 31.9 Å². The van der Waals surface area contributed by atoms with Crippen molar-refractivity contribution in [2.75, 3.05) is 24.5 Å². The molecule has 0 radical (unpaired) electrons. The van der Waals surface area contributed by atoms with Crippen molar-refractivity contribution in [3.8, 4) is 5.69 Å². The zero-order chi connectivity index (χ0) is 23.2. The van der Waals surface area contributed by atoms with Crippen molar-refractivity contribution in [2.24, 2.45) is 0 Å². The van der Waals surface area contributed by atoms with Crippen molar-refractivity contribution in [2.45, 2.75) is 33.2 Å². The molecule has 0 saturated carbocycles. The van der Waals surface area contributed by atoms with Crippen LogP contribution in [0.2, 0.25) is 10.2 Å². The minimum Gasteiger partial charge on any atom is -0.465 e. The summed E-state index contributed by atoms with van der Waals surface area (Å²) >= 11 is 12.6. The minimum absolute atomic E-state index is 0.0767. The number of piperazine rings is 1. The average Bonchev–Trinajstić information content (AvgIpc) is 2.75. The van der Waals surface area contributed by atoms with Crippen LogP contribution in [0.4, 0.5) is 10.6 Å². The summed E-state index contributed by atoms with van der Waals surface area (Å²) < 4.78 is 1.43. The van der Waals surface area contributed by atoms with Crippen LogP contribution in [0.1, 0.15) is 25.1 Å². The zero-order valence-electron chi connectivity index (χ0n) is 17.8. The molecule has 0 spiro atoms. The van der Waals surface area contributed by atoms with Crippen LogP contribution in [0.5, 0.6) is 0 Å². The van der Waals surface area contributed by atoms with Crippen molar-refractivity contribution < 1.29 is 9.90 Å². The van der Waals surface area contributed by atoms with E-state index in [-0.39, 0.29) is 22.8 Å². The van der Waals surface area contributed by atoms with E-state index >= 15 is 0 Å². The van der Waals surface area contributed by atoms with E-state index in [1.807, 2.05) is 31.7 Å². The van der Waals surface area contributed by atoms with E-state index < -0.39 is 11.8 Å². The number of aryl methyl sites for hydroxylation is 2. The van der Waals surface area contributed by atoms with Crippen LogP contribution in [0.3, 0.4) is 0 Å². The summed E-state index contributed by atoms with van der Waals surface area (Å²) in [6, 6.07) is 3.27. The van der Waals surface area contributed by atoms with Crippen LogP contribution in [0.15, 0.2) is 23.1 Å². The minimum atomic E-state index is -0.972. The zero-order valence-corrected chi connectivity index (χ0v) is 19.4. The van der Waals surface area contributed by atoms with Gasteiger partial charge in [0.05, 0.1) is 21.8 Å². The maximum Gasteiger partial charge on any atom is 0.407 e. The molecule has 1 N–H and O–H groups in total. The summed E-state index contributed by atoms with van der Waals surface area (Å²) in [5.74, 6) is 0.407. The van der Waals surface area contributed by atoms with E-state index in [1.54, 1.807) is 12.3 Å². The first kappa shape index (κ1) is 22.3. The van der Waals surface area contributed by atoms with Gasteiger partial charge >= 0.3 is 11.8 Å². The van der Waals surface area contributed by atoms with E-state index in [0.717, 1.165) is 11.3 Å². The van der Waals surface area contributed by atoms with Crippen LogP contribution in [0.25, 0.3) is 16.7 Å². The SMILES string of the molecule is CCc1nccc(C)c1-n1c(=O)nc(N2CCN(C(=O)O)CC2C)c2cc(Cl)c(Cl)nc21. The molecule has 32 heavy (non-hydrogen) atoms. The predicted molar refractivity (Wildman–Crippen MR) is 123 cm³/mol. The highest BCUT2D eigenvalue weighted by Gasteiger charge is 2.30. The van der Waals surface area contributed by atoms with E-state index in [0.29, 0.717) is 42.0 Å². The van der Waals surface area contributed by atoms with E-state index in [9.17, 15) is 14.7 Å². The standard InChI is InChI=1S/C21H22Cl2N6O3/c1-4-15-16(11(2)5-6-24-15)29-19-13(9-14(22)17(23)25-19)18(26-20(29)30)28-8-7-27(21(31)32)10-12(28)3/h5-6,9,12H,4,7-8,10H2,1-3H3,(H,31,32). The number of hydrogen-bond acceptors (Lipinski definition) is 6. The number of nitrogens with zero attached hydrogens (tertiary/aromatic N) is 6. The van der Waals surface area contributed by atoms with E-state index in [2.05, 4.69) is 15.0 Å². The Morgan fingerprint density at radius 3 is 2.69 bits per heavy atom. The first-order chi connectivity index (χ1) is 15.2. The van der Waals surface area contributed by atoms with Gasteiger partial charge in [0.2, 0.25) is 0 Å². The van der Waals surface area contributed by atoms with E-state index in [1.165, 1.54) is 9.47 Å². The van der Waals surface area contributed by atoms with Gasteiger partial charge < -0.3 is 14.9 Å². The number of pyridine rings is 2. The number of hydrogen-bond donors (Lipinski definition) is 1. The number of anilines is 1. The molecule has 11 heteroatoms. The molecule has 4 rings (SSSR count). The average molecular weight is 477 g/mol. The maximum absolute atomic E-state index is 13.4. The lowest BCUT2D eigenvalue weighted by atomic mass is 10.1. The third-order valence-corrected chi connectivity index (χ3v) is 6.36. The molecule has 168 valence electrons. The molecule has 1 aliphatic heterocycles. The Labute approximate surface area is 194 Å². The second kappa shape index (κ2) is 8.55. The van der Waals surface area contributed by atoms with Crippen LogP contribution in [-0.4, -0.2) is 61.3 Å². The molecule has 4 heterocycles. The summed E-state index contributed by atoms with van der Waals surface area (Å²) in [5.41, 5.74) is 2.02. The summed E-state index contributed by atoms with van der Waals surface area (Å²) in [6.45, 7) is 6.71. The van der Waals surface area contributed by atoms with Gasteiger partial charge in [-0.3, -0.25) is 4.98 Å². The lowest BCUT2D eigenvalue weighted by Crippen LogP contribution is -2.54. The molecule has 0 bridgehead atoms. The molecule has 1 fully saturated rings. The molecular weight excluding hydrogens is 455 g/mol. The molecule has 0 aromatic carbocycles. The lowest BCUT2D eigenvalue weighted by Gasteiger charge is -2.39. The Hall–Kier alpha value is -2.91. The van der Waals surface area contributed by atoms with Crippen molar-refractivity contribution in [1.29, 1.82) is 0 Å². The van der Waals surface area contributed by atoms with Crippen LogP contribution in [0, 0.1) is 6.92 Å². The number of amides is 1. The highest BCUT2D eigenvalue weighted by molar-refractivity contribution is 6.41. The van der Waals surface area contributed by atoms with Gasteiger partial charge in [0.25, 0.3) is 0 Å². The van der Waals surface area contributed by atoms with Crippen LogP contribution in [-0.2, 0) is 6.42 Å². The molecule has 0 aliphatic carbocycles. The van der Waals surface area contributed by atoms with Gasteiger partial charge in [0.15, 0.2) is 5.65 Å².